The predicted molar refractivity (Wildman–Crippen MR) is 89.7 cm³/mol. The van der Waals surface area contributed by atoms with Gasteiger partial charge >= 0.3 is 0 Å². The molecule has 0 aliphatic carbocycles. The van der Waals surface area contributed by atoms with E-state index in [1.807, 2.05) is 20.8 Å². The topological polar surface area (TPSA) is 51.8 Å². The molecular formula is C17H23N3S. The molecule has 0 saturated carbocycles. The normalized spacial score (nSPS) is 14.0. The minimum atomic E-state index is 0.0299. The van der Waals surface area contributed by atoms with Gasteiger partial charge in [0.05, 0.1) is 5.25 Å². The summed E-state index contributed by atoms with van der Waals surface area (Å²) in [6.45, 7) is 10.3. The molecule has 0 fully saturated rings. The van der Waals surface area contributed by atoms with E-state index < -0.39 is 0 Å². The van der Waals surface area contributed by atoms with Gasteiger partial charge in [-0.3, -0.25) is 0 Å². The fraction of sp³-hybridized carbons (Fsp3) is 0.412. The molecule has 2 aromatic rings. The van der Waals surface area contributed by atoms with Crippen LogP contribution in [0.25, 0.3) is 0 Å². The van der Waals surface area contributed by atoms with Crippen molar-refractivity contribution >= 4 is 11.8 Å². The summed E-state index contributed by atoms with van der Waals surface area (Å²) in [5, 5.41) is 0.964. The maximum absolute atomic E-state index is 6.20. The van der Waals surface area contributed by atoms with Crippen LogP contribution in [0, 0.1) is 27.7 Å². The molecule has 112 valence electrons. The van der Waals surface area contributed by atoms with Gasteiger partial charge in [-0.25, -0.2) is 9.97 Å². The first-order valence-corrected chi connectivity index (χ1v) is 8.07. The first-order valence-electron chi connectivity index (χ1n) is 7.19. The van der Waals surface area contributed by atoms with Crippen molar-refractivity contribution < 1.29 is 0 Å². The third-order valence-corrected chi connectivity index (χ3v) is 5.04. The highest BCUT2D eigenvalue weighted by Gasteiger charge is 2.20. The van der Waals surface area contributed by atoms with Gasteiger partial charge in [-0.05, 0) is 45.7 Å². The van der Waals surface area contributed by atoms with Crippen LogP contribution in [0.2, 0.25) is 0 Å². The van der Waals surface area contributed by atoms with Gasteiger partial charge in [0, 0.05) is 17.4 Å². The Labute approximate surface area is 131 Å². The average molecular weight is 301 g/mol. The lowest BCUT2D eigenvalue weighted by Gasteiger charge is -2.21. The minimum Gasteiger partial charge on any atom is -0.327 e. The van der Waals surface area contributed by atoms with Crippen molar-refractivity contribution in [2.45, 2.75) is 51.1 Å². The van der Waals surface area contributed by atoms with Gasteiger partial charge in [-0.1, -0.05) is 41.6 Å². The first-order chi connectivity index (χ1) is 9.88. The Bertz CT molecular complexity index is 615. The van der Waals surface area contributed by atoms with Gasteiger partial charge in [0.25, 0.3) is 0 Å². The number of hydrogen-bond acceptors (Lipinski definition) is 4. The Kier molecular flexibility index (Phi) is 5.01. The van der Waals surface area contributed by atoms with Crippen LogP contribution in [-0.2, 0) is 0 Å². The predicted octanol–water partition coefficient (Wildman–Crippen LogP) is 3.89. The molecule has 2 N–H and O–H groups in total. The molecule has 0 spiro atoms. The van der Waals surface area contributed by atoms with Crippen molar-refractivity contribution in [2.24, 2.45) is 5.73 Å². The largest absolute Gasteiger partial charge is 0.327 e. The Hall–Kier alpha value is -1.39. The highest BCUT2D eigenvalue weighted by molar-refractivity contribution is 7.99. The number of nitrogens with zero attached hydrogens (tertiary/aromatic N) is 2. The van der Waals surface area contributed by atoms with Crippen LogP contribution in [0.5, 0.6) is 0 Å². The molecule has 0 saturated heterocycles. The van der Waals surface area contributed by atoms with Gasteiger partial charge in [0.1, 0.15) is 0 Å². The van der Waals surface area contributed by atoms with Crippen molar-refractivity contribution in [3.63, 3.8) is 0 Å². The second kappa shape index (κ2) is 6.58. The van der Waals surface area contributed by atoms with Crippen LogP contribution in [0.3, 0.4) is 0 Å². The second-order valence-electron chi connectivity index (χ2n) is 5.61. The van der Waals surface area contributed by atoms with E-state index in [1.165, 1.54) is 11.1 Å². The Balaban J connectivity index is 2.33. The Morgan fingerprint density at radius 1 is 1.05 bits per heavy atom. The van der Waals surface area contributed by atoms with Crippen molar-refractivity contribution in [1.82, 2.24) is 9.97 Å². The molecular weight excluding hydrogens is 278 g/mol. The van der Waals surface area contributed by atoms with E-state index in [1.54, 1.807) is 11.8 Å². The monoisotopic (exact) mass is 301 g/mol. The summed E-state index contributed by atoms with van der Waals surface area (Å²) in [4.78, 5) is 9.20. The van der Waals surface area contributed by atoms with Gasteiger partial charge in [-0.2, -0.15) is 0 Å². The summed E-state index contributed by atoms with van der Waals surface area (Å²) >= 11 is 1.65. The zero-order chi connectivity index (χ0) is 15.6. The van der Waals surface area contributed by atoms with E-state index in [2.05, 4.69) is 48.1 Å². The van der Waals surface area contributed by atoms with Crippen LogP contribution in [0.15, 0.2) is 29.4 Å². The number of aryl methyl sites for hydroxylation is 3. The first kappa shape index (κ1) is 16.0. The van der Waals surface area contributed by atoms with Crippen molar-refractivity contribution in [1.29, 1.82) is 0 Å². The van der Waals surface area contributed by atoms with E-state index in [0.717, 1.165) is 22.1 Å². The van der Waals surface area contributed by atoms with E-state index in [-0.39, 0.29) is 11.3 Å². The Morgan fingerprint density at radius 3 is 2.19 bits per heavy atom. The molecule has 0 amide bonds. The maximum Gasteiger partial charge on any atom is 0.188 e. The molecule has 1 aromatic carbocycles. The van der Waals surface area contributed by atoms with Crippen LogP contribution in [-0.4, -0.2) is 16.0 Å². The van der Waals surface area contributed by atoms with Gasteiger partial charge in [0.15, 0.2) is 5.16 Å². The third-order valence-electron chi connectivity index (χ3n) is 3.69. The lowest BCUT2D eigenvalue weighted by atomic mass is 10.0. The summed E-state index contributed by atoms with van der Waals surface area (Å²) in [7, 11) is 0. The number of rotatable bonds is 4. The standard InChI is InChI=1S/C17H23N3S/c1-10-7-6-8-15(9-10)16(12(3)18)21-17-19-13(4)11(2)14(5)20-17/h6-9,12,16H,18H2,1-5H3. The summed E-state index contributed by atoms with van der Waals surface area (Å²) in [5.74, 6) is 0. The van der Waals surface area contributed by atoms with Gasteiger partial charge < -0.3 is 5.73 Å². The van der Waals surface area contributed by atoms with Gasteiger partial charge in [0.2, 0.25) is 0 Å². The smallest absolute Gasteiger partial charge is 0.188 e. The molecule has 0 aliphatic heterocycles. The van der Waals surface area contributed by atoms with Crippen molar-refractivity contribution in [3.8, 4) is 0 Å². The van der Waals surface area contributed by atoms with E-state index in [9.17, 15) is 0 Å². The lowest BCUT2D eigenvalue weighted by molar-refractivity contribution is 0.716. The number of benzene rings is 1. The van der Waals surface area contributed by atoms with Crippen LogP contribution in [0.1, 0.15) is 40.3 Å². The van der Waals surface area contributed by atoms with Crippen LogP contribution < -0.4 is 5.73 Å². The van der Waals surface area contributed by atoms with Crippen LogP contribution in [0.4, 0.5) is 0 Å². The maximum atomic E-state index is 6.20. The van der Waals surface area contributed by atoms with E-state index >= 15 is 0 Å². The number of aromatic nitrogens is 2. The second-order valence-corrected chi connectivity index (χ2v) is 6.72. The number of hydrogen-bond donors (Lipinski definition) is 1. The molecule has 21 heavy (non-hydrogen) atoms. The fourth-order valence-electron chi connectivity index (χ4n) is 2.23. The highest BCUT2D eigenvalue weighted by Crippen LogP contribution is 2.36. The molecule has 0 aliphatic rings. The zero-order valence-corrected chi connectivity index (χ0v) is 14.2. The zero-order valence-electron chi connectivity index (χ0n) is 13.3. The minimum absolute atomic E-state index is 0.0299. The molecule has 0 radical (unpaired) electrons. The molecule has 2 rings (SSSR count). The SMILES string of the molecule is Cc1cccc(C(Sc2nc(C)c(C)c(C)n2)C(C)N)c1. The number of nitrogens with two attached hydrogens (primary N) is 1. The van der Waals surface area contributed by atoms with Crippen molar-refractivity contribution in [3.05, 3.63) is 52.3 Å². The summed E-state index contributed by atoms with van der Waals surface area (Å²) in [6.07, 6.45) is 0. The van der Waals surface area contributed by atoms with E-state index in [0.29, 0.717) is 0 Å². The molecule has 2 unspecified atom stereocenters. The quantitative estimate of drug-likeness (QED) is 0.687. The average Bonchev–Trinajstić information content (AvgIpc) is 2.41. The summed E-state index contributed by atoms with van der Waals surface area (Å²) in [6, 6.07) is 8.52. The number of thioether (sulfide) groups is 1. The molecule has 3 nitrogen and oxygen atoms in total. The molecule has 1 aromatic heterocycles. The highest BCUT2D eigenvalue weighted by atomic mass is 32.2. The Morgan fingerprint density at radius 2 is 1.67 bits per heavy atom. The van der Waals surface area contributed by atoms with Gasteiger partial charge in [-0.15, -0.1) is 0 Å². The van der Waals surface area contributed by atoms with Crippen molar-refractivity contribution in [2.75, 3.05) is 0 Å². The molecule has 2 atom stereocenters. The molecule has 4 heteroatoms. The van der Waals surface area contributed by atoms with Crippen LogP contribution >= 0.6 is 11.8 Å². The fourth-order valence-corrected chi connectivity index (χ4v) is 3.34. The summed E-state index contributed by atoms with van der Waals surface area (Å²) < 4.78 is 0. The molecule has 0 bridgehead atoms. The summed E-state index contributed by atoms with van der Waals surface area (Å²) in [5.41, 5.74) is 11.9. The van der Waals surface area contributed by atoms with E-state index in [4.69, 9.17) is 5.73 Å². The molecule has 1 heterocycles. The lowest BCUT2D eigenvalue weighted by Crippen LogP contribution is -2.23. The third kappa shape index (κ3) is 3.83.